The van der Waals surface area contributed by atoms with Gasteiger partial charge >= 0.3 is 0 Å². The zero-order valence-electron chi connectivity index (χ0n) is 12.1. The number of hydrogen-bond donors (Lipinski definition) is 1. The number of aromatic nitrogens is 1. The first-order valence-corrected chi connectivity index (χ1v) is 8.33. The third kappa shape index (κ3) is 3.06. The number of halogens is 1. The first-order chi connectivity index (χ1) is 10.1. The van der Waals surface area contributed by atoms with Gasteiger partial charge in [-0.25, -0.2) is 4.98 Å². The zero-order chi connectivity index (χ0) is 14.9. The van der Waals surface area contributed by atoms with Gasteiger partial charge in [0.25, 0.3) is 0 Å². The van der Waals surface area contributed by atoms with Crippen LogP contribution < -0.4 is 10.6 Å². The topological polar surface area (TPSA) is 62.5 Å². The fourth-order valence-corrected chi connectivity index (χ4v) is 3.46. The Balaban J connectivity index is 1.60. The van der Waals surface area contributed by atoms with Crippen LogP contribution in [0.3, 0.4) is 0 Å². The summed E-state index contributed by atoms with van der Waals surface area (Å²) in [6.07, 6.45) is 5.62. The molecule has 5 nitrogen and oxygen atoms in total. The van der Waals surface area contributed by atoms with Crippen LogP contribution in [0.1, 0.15) is 25.7 Å². The predicted molar refractivity (Wildman–Crippen MR) is 86.1 cm³/mol. The molecule has 114 valence electrons. The summed E-state index contributed by atoms with van der Waals surface area (Å²) >= 11 is 3.39. The van der Waals surface area contributed by atoms with Gasteiger partial charge in [0.05, 0.1) is 5.54 Å². The second-order valence-corrected chi connectivity index (χ2v) is 6.89. The predicted octanol–water partition coefficient (Wildman–Crippen LogP) is 1.76. The quantitative estimate of drug-likeness (QED) is 0.880. The Kier molecular flexibility index (Phi) is 4.17. The van der Waals surface area contributed by atoms with Crippen LogP contribution in [-0.2, 0) is 4.79 Å². The Morgan fingerprint density at radius 1 is 1.19 bits per heavy atom. The van der Waals surface area contributed by atoms with Crippen LogP contribution in [0.15, 0.2) is 22.8 Å². The molecule has 1 saturated carbocycles. The highest BCUT2D eigenvalue weighted by atomic mass is 79.9. The van der Waals surface area contributed by atoms with Crippen molar-refractivity contribution >= 4 is 27.7 Å². The molecule has 2 aliphatic rings. The molecule has 0 atom stereocenters. The molecule has 0 spiro atoms. The number of pyridine rings is 1. The van der Waals surface area contributed by atoms with E-state index in [4.69, 9.17) is 5.73 Å². The average molecular weight is 353 g/mol. The third-order valence-electron chi connectivity index (χ3n) is 4.52. The van der Waals surface area contributed by atoms with E-state index in [0.717, 1.165) is 62.2 Å². The molecular formula is C15H21BrN4O. The minimum absolute atomic E-state index is 0.142. The lowest BCUT2D eigenvalue weighted by Gasteiger charge is -2.38. The Morgan fingerprint density at radius 3 is 2.43 bits per heavy atom. The first-order valence-electron chi connectivity index (χ1n) is 7.53. The molecule has 2 heterocycles. The van der Waals surface area contributed by atoms with E-state index in [1.54, 1.807) is 6.20 Å². The van der Waals surface area contributed by atoms with E-state index in [1.165, 1.54) is 0 Å². The highest BCUT2D eigenvalue weighted by Gasteiger charge is 2.40. The van der Waals surface area contributed by atoms with Crippen molar-refractivity contribution in [1.29, 1.82) is 0 Å². The van der Waals surface area contributed by atoms with Crippen LogP contribution in [0.2, 0.25) is 0 Å². The number of hydrogen-bond acceptors (Lipinski definition) is 4. The van der Waals surface area contributed by atoms with Crippen molar-refractivity contribution in [1.82, 2.24) is 9.88 Å². The van der Waals surface area contributed by atoms with E-state index in [1.807, 2.05) is 17.0 Å². The number of rotatable bonds is 2. The van der Waals surface area contributed by atoms with Crippen LogP contribution in [0.4, 0.5) is 5.82 Å². The Hall–Kier alpha value is -1.14. The van der Waals surface area contributed by atoms with Crippen molar-refractivity contribution in [3.05, 3.63) is 22.8 Å². The van der Waals surface area contributed by atoms with Gasteiger partial charge in [0.15, 0.2) is 0 Å². The molecule has 0 aromatic carbocycles. The molecule has 0 bridgehead atoms. The van der Waals surface area contributed by atoms with Crippen LogP contribution in [0.5, 0.6) is 0 Å². The maximum absolute atomic E-state index is 12.6. The summed E-state index contributed by atoms with van der Waals surface area (Å²) in [5.41, 5.74) is 5.67. The second kappa shape index (κ2) is 5.93. The van der Waals surface area contributed by atoms with E-state index in [0.29, 0.717) is 0 Å². The standard InChI is InChI=1S/C15H21BrN4O/c16-12-3-4-13(18-11-12)19-7-9-20(10-8-19)14(21)15(17)5-1-2-6-15/h3-4,11H,1-2,5-10,17H2. The van der Waals surface area contributed by atoms with Gasteiger partial charge in [-0.2, -0.15) is 0 Å². The van der Waals surface area contributed by atoms with E-state index >= 15 is 0 Å². The summed E-state index contributed by atoms with van der Waals surface area (Å²) in [5.74, 6) is 1.11. The summed E-state index contributed by atoms with van der Waals surface area (Å²) in [5, 5.41) is 0. The zero-order valence-corrected chi connectivity index (χ0v) is 13.7. The molecule has 1 saturated heterocycles. The largest absolute Gasteiger partial charge is 0.353 e. The second-order valence-electron chi connectivity index (χ2n) is 5.98. The molecule has 2 N–H and O–H groups in total. The van der Waals surface area contributed by atoms with Crippen molar-refractivity contribution in [3.8, 4) is 0 Å². The first kappa shape index (κ1) is 14.8. The minimum atomic E-state index is -0.599. The maximum Gasteiger partial charge on any atom is 0.242 e. The monoisotopic (exact) mass is 352 g/mol. The van der Waals surface area contributed by atoms with Crippen LogP contribution in [0, 0.1) is 0 Å². The van der Waals surface area contributed by atoms with Gasteiger partial charge in [-0.1, -0.05) is 12.8 Å². The fraction of sp³-hybridized carbons (Fsp3) is 0.600. The minimum Gasteiger partial charge on any atom is -0.353 e. The van der Waals surface area contributed by atoms with E-state index in [2.05, 4.69) is 25.8 Å². The normalized spacial score (nSPS) is 21.6. The summed E-state index contributed by atoms with van der Waals surface area (Å²) in [7, 11) is 0. The molecule has 1 aliphatic carbocycles. The van der Waals surface area contributed by atoms with Gasteiger partial charge in [0, 0.05) is 36.8 Å². The van der Waals surface area contributed by atoms with Gasteiger partial charge in [-0.15, -0.1) is 0 Å². The highest BCUT2D eigenvalue weighted by Crippen LogP contribution is 2.29. The van der Waals surface area contributed by atoms with Crippen molar-refractivity contribution in [2.24, 2.45) is 5.73 Å². The Morgan fingerprint density at radius 2 is 1.86 bits per heavy atom. The summed E-state index contributed by atoms with van der Waals surface area (Å²) in [6.45, 7) is 3.10. The number of anilines is 1. The van der Waals surface area contributed by atoms with Gasteiger partial charge in [-0.05, 0) is 40.9 Å². The molecule has 0 radical (unpaired) electrons. The molecule has 1 amide bonds. The van der Waals surface area contributed by atoms with Crippen molar-refractivity contribution < 1.29 is 4.79 Å². The lowest BCUT2D eigenvalue weighted by atomic mass is 9.97. The van der Waals surface area contributed by atoms with Crippen molar-refractivity contribution in [3.63, 3.8) is 0 Å². The molecular weight excluding hydrogens is 332 g/mol. The SMILES string of the molecule is NC1(C(=O)N2CCN(c3ccc(Br)cn3)CC2)CCCC1. The van der Waals surface area contributed by atoms with Crippen LogP contribution in [0.25, 0.3) is 0 Å². The fourth-order valence-electron chi connectivity index (χ4n) is 3.23. The number of piperazine rings is 1. The highest BCUT2D eigenvalue weighted by molar-refractivity contribution is 9.10. The number of nitrogens with zero attached hydrogens (tertiary/aromatic N) is 3. The third-order valence-corrected chi connectivity index (χ3v) is 4.99. The van der Waals surface area contributed by atoms with E-state index in [-0.39, 0.29) is 5.91 Å². The van der Waals surface area contributed by atoms with Gasteiger partial charge < -0.3 is 15.5 Å². The Labute approximate surface area is 133 Å². The maximum atomic E-state index is 12.6. The number of carbonyl (C=O) groups is 1. The lowest BCUT2D eigenvalue weighted by molar-refractivity contribution is -0.137. The van der Waals surface area contributed by atoms with Crippen LogP contribution >= 0.6 is 15.9 Å². The Bertz CT molecular complexity index is 505. The molecule has 2 fully saturated rings. The molecule has 0 unspecified atom stereocenters. The van der Waals surface area contributed by atoms with Crippen molar-refractivity contribution in [2.45, 2.75) is 31.2 Å². The summed E-state index contributed by atoms with van der Waals surface area (Å²) in [6, 6.07) is 4.00. The van der Waals surface area contributed by atoms with Crippen LogP contribution in [-0.4, -0.2) is 47.5 Å². The molecule has 1 aromatic rings. The van der Waals surface area contributed by atoms with E-state index in [9.17, 15) is 4.79 Å². The number of carbonyl (C=O) groups excluding carboxylic acids is 1. The van der Waals surface area contributed by atoms with Crippen molar-refractivity contribution in [2.75, 3.05) is 31.1 Å². The van der Waals surface area contributed by atoms with Gasteiger partial charge in [0.2, 0.25) is 5.91 Å². The number of nitrogens with two attached hydrogens (primary N) is 1. The number of amides is 1. The summed E-state index contributed by atoms with van der Waals surface area (Å²) < 4.78 is 0.978. The molecule has 1 aliphatic heterocycles. The average Bonchev–Trinajstić information content (AvgIpc) is 2.96. The van der Waals surface area contributed by atoms with E-state index < -0.39 is 5.54 Å². The molecule has 3 rings (SSSR count). The lowest BCUT2D eigenvalue weighted by Crippen LogP contribution is -2.58. The van der Waals surface area contributed by atoms with Gasteiger partial charge in [0.1, 0.15) is 5.82 Å². The smallest absolute Gasteiger partial charge is 0.242 e. The summed E-state index contributed by atoms with van der Waals surface area (Å²) in [4.78, 5) is 21.1. The molecule has 1 aromatic heterocycles. The van der Waals surface area contributed by atoms with Gasteiger partial charge in [-0.3, -0.25) is 4.79 Å². The molecule has 6 heteroatoms. The molecule has 21 heavy (non-hydrogen) atoms.